The molecule has 1 heterocycles. The molecule has 0 saturated carbocycles. The average Bonchev–Trinajstić information content (AvgIpc) is 2.27. The van der Waals surface area contributed by atoms with Crippen molar-refractivity contribution in [2.45, 2.75) is 18.9 Å². The molecule has 0 radical (unpaired) electrons. The first-order valence-electron chi connectivity index (χ1n) is 5.75. The van der Waals surface area contributed by atoms with Gasteiger partial charge in [-0.2, -0.15) is 0 Å². The van der Waals surface area contributed by atoms with Gasteiger partial charge in [-0.15, -0.1) is 0 Å². The summed E-state index contributed by atoms with van der Waals surface area (Å²) < 4.78 is 5.78. The molecule has 1 aromatic carbocycles. The van der Waals surface area contributed by atoms with Crippen LogP contribution in [0.2, 0.25) is 0 Å². The minimum absolute atomic E-state index is 0.188. The molecule has 0 aliphatic carbocycles. The summed E-state index contributed by atoms with van der Waals surface area (Å²) in [5.41, 5.74) is 1.15. The highest BCUT2D eigenvalue weighted by atomic mass is 16.5. The first-order valence-corrected chi connectivity index (χ1v) is 5.75. The smallest absolute Gasteiger partial charge is 0.124 e. The highest BCUT2D eigenvalue weighted by Gasteiger charge is 2.24. The van der Waals surface area contributed by atoms with Gasteiger partial charge in [0.25, 0.3) is 0 Å². The zero-order valence-corrected chi connectivity index (χ0v) is 9.89. The molecular weight excluding hydrogens is 202 g/mol. The molecule has 1 saturated heterocycles. The molecule has 3 nitrogen and oxygen atoms in total. The minimum atomic E-state index is 0.188. The molecule has 1 unspecified atom stereocenters. The molecule has 1 atom stereocenters. The molecule has 3 heteroatoms. The van der Waals surface area contributed by atoms with Crippen molar-refractivity contribution in [2.24, 2.45) is 0 Å². The lowest BCUT2D eigenvalue weighted by Crippen LogP contribution is -2.51. The highest BCUT2D eigenvalue weighted by molar-refractivity contribution is 5.29. The van der Waals surface area contributed by atoms with E-state index >= 15 is 0 Å². The Morgan fingerprint density at radius 3 is 2.50 bits per heavy atom. The molecule has 0 bridgehead atoms. The number of aliphatic hydroxyl groups is 1. The number of benzene rings is 1. The van der Waals surface area contributed by atoms with Crippen LogP contribution >= 0.6 is 0 Å². The van der Waals surface area contributed by atoms with E-state index in [2.05, 4.69) is 11.9 Å². The Morgan fingerprint density at radius 1 is 1.38 bits per heavy atom. The van der Waals surface area contributed by atoms with E-state index < -0.39 is 0 Å². The topological polar surface area (TPSA) is 32.7 Å². The fourth-order valence-corrected chi connectivity index (χ4v) is 1.89. The maximum Gasteiger partial charge on any atom is 0.124 e. The zero-order valence-electron chi connectivity index (χ0n) is 9.89. The van der Waals surface area contributed by atoms with E-state index in [1.165, 1.54) is 0 Å². The third kappa shape index (κ3) is 2.54. The van der Waals surface area contributed by atoms with E-state index in [0.29, 0.717) is 6.10 Å². The number of hydrogen-bond donors (Lipinski definition) is 1. The second kappa shape index (κ2) is 4.85. The van der Waals surface area contributed by atoms with E-state index in [0.717, 1.165) is 24.4 Å². The van der Waals surface area contributed by atoms with Gasteiger partial charge in [-0.05, 0) is 24.7 Å². The first kappa shape index (κ1) is 11.4. The van der Waals surface area contributed by atoms with Crippen LogP contribution in [0.4, 0.5) is 0 Å². The lowest BCUT2D eigenvalue weighted by Gasteiger charge is -2.36. The van der Waals surface area contributed by atoms with Gasteiger partial charge in [0.15, 0.2) is 0 Å². The van der Waals surface area contributed by atoms with E-state index in [9.17, 15) is 0 Å². The van der Waals surface area contributed by atoms with Gasteiger partial charge < -0.3 is 9.84 Å². The molecule has 1 fully saturated rings. The maximum atomic E-state index is 9.04. The highest BCUT2D eigenvalue weighted by Crippen LogP contribution is 2.21. The van der Waals surface area contributed by atoms with Crippen LogP contribution in [-0.4, -0.2) is 42.9 Å². The third-order valence-electron chi connectivity index (χ3n) is 3.06. The van der Waals surface area contributed by atoms with Crippen LogP contribution in [0.5, 0.6) is 5.75 Å². The van der Waals surface area contributed by atoms with Crippen molar-refractivity contribution in [3.05, 3.63) is 29.8 Å². The quantitative estimate of drug-likeness (QED) is 0.836. The number of ether oxygens (including phenoxy) is 1. The number of likely N-dealkylation sites (N-methyl/N-ethyl adjacent to an activating group) is 1. The Labute approximate surface area is 96.6 Å². The van der Waals surface area contributed by atoms with Crippen molar-refractivity contribution < 1.29 is 9.84 Å². The van der Waals surface area contributed by atoms with Gasteiger partial charge in [-0.25, -0.2) is 0 Å². The van der Waals surface area contributed by atoms with Crippen LogP contribution in [0.1, 0.15) is 18.4 Å². The van der Waals surface area contributed by atoms with E-state index in [-0.39, 0.29) is 12.5 Å². The van der Waals surface area contributed by atoms with E-state index in [1.54, 1.807) is 0 Å². The van der Waals surface area contributed by atoms with Crippen molar-refractivity contribution in [2.75, 3.05) is 26.7 Å². The molecule has 2 rings (SSSR count). The molecule has 1 aromatic rings. The Hall–Kier alpha value is -1.06. The molecule has 1 aliphatic rings. The summed E-state index contributed by atoms with van der Waals surface area (Å²) in [6, 6.07) is 8.02. The van der Waals surface area contributed by atoms with Crippen molar-refractivity contribution in [1.82, 2.24) is 4.90 Å². The van der Waals surface area contributed by atoms with Gasteiger partial charge in [0.1, 0.15) is 11.9 Å². The molecule has 88 valence electrons. The van der Waals surface area contributed by atoms with Crippen LogP contribution in [0.15, 0.2) is 24.3 Å². The monoisotopic (exact) mass is 221 g/mol. The number of hydrogen-bond acceptors (Lipinski definition) is 3. The molecule has 1 N–H and O–H groups in total. The molecule has 0 aromatic heterocycles. The van der Waals surface area contributed by atoms with Gasteiger partial charge in [0.2, 0.25) is 0 Å². The molecule has 16 heavy (non-hydrogen) atoms. The lowest BCUT2D eigenvalue weighted by molar-refractivity contribution is 0.0388. The molecule has 1 aliphatic heterocycles. The second-order valence-electron chi connectivity index (χ2n) is 4.61. The molecule has 0 spiro atoms. The maximum absolute atomic E-state index is 9.04. The van der Waals surface area contributed by atoms with E-state index in [1.807, 2.05) is 31.2 Å². The zero-order chi connectivity index (χ0) is 11.5. The summed E-state index contributed by atoms with van der Waals surface area (Å²) in [6.07, 6.45) is 0.339. The standard InChI is InChI=1S/C13H19NO2/c1-10(9-15)11-3-5-12(6-4-11)16-13-7-14(2)8-13/h3-6,10,13,15H,7-9H2,1-2H3. The van der Waals surface area contributed by atoms with Crippen LogP contribution in [0.3, 0.4) is 0 Å². The summed E-state index contributed by atoms with van der Waals surface area (Å²) in [4.78, 5) is 2.23. The molecule has 0 amide bonds. The number of aliphatic hydroxyl groups excluding tert-OH is 1. The van der Waals surface area contributed by atoms with Gasteiger partial charge in [-0.1, -0.05) is 19.1 Å². The fourth-order valence-electron chi connectivity index (χ4n) is 1.89. The number of nitrogens with zero attached hydrogens (tertiary/aromatic N) is 1. The van der Waals surface area contributed by atoms with Crippen LogP contribution < -0.4 is 4.74 Å². The van der Waals surface area contributed by atoms with Gasteiger partial charge in [0, 0.05) is 25.6 Å². The van der Waals surface area contributed by atoms with Crippen LogP contribution in [0.25, 0.3) is 0 Å². The van der Waals surface area contributed by atoms with Crippen molar-refractivity contribution >= 4 is 0 Å². The summed E-state index contributed by atoms with van der Waals surface area (Å²) in [5.74, 6) is 1.12. The Bertz CT molecular complexity index is 330. The number of likely N-dealkylation sites (tertiary alicyclic amines) is 1. The SMILES string of the molecule is CC(CO)c1ccc(OC2CN(C)C2)cc1. The lowest BCUT2D eigenvalue weighted by atomic mass is 10.0. The van der Waals surface area contributed by atoms with Crippen LogP contribution in [0, 0.1) is 0 Å². The van der Waals surface area contributed by atoms with Crippen LogP contribution in [-0.2, 0) is 0 Å². The Balaban J connectivity index is 1.92. The van der Waals surface area contributed by atoms with Crippen molar-refractivity contribution in [3.63, 3.8) is 0 Å². The minimum Gasteiger partial charge on any atom is -0.488 e. The first-order chi connectivity index (χ1) is 7.69. The normalized spacial score (nSPS) is 19.2. The number of rotatable bonds is 4. The Morgan fingerprint density at radius 2 is 2.00 bits per heavy atom. The summed E-state index contributed by atoms with van der Waals surface area (Å²) in [5, 5.41) is 9.04. The van der Waals surface area contributed by atoms with Gasteiger partial charge >= 0.3 is 0 Å². The predicted octanol–water partition coefficient (Wildman–Crippen LogP) is 1.48. The van der Waals surface area contributed by atoms with Gasteiger partial charge in [-0.3, -0.25) is 4.90 Å². The van der Waals surface area contributed by atoms with Crippen molar-refractivity contribution in [1.29, 1.82) is 0 Å². The predicted molar refractivity (Wildman–Crippen MR) is 63.9 cm³/mol. The molecular formula is C13H19NO2. The summed E-state index contributed by atoms with van der Waals surface area (Å²) >= 11 is 0. The summed E-state index contributed by atoms with van der Waals surface area (Å²) in [6.45, 7) is 4.22. The van der Waals surface area contributed by atoms with Crippen molar-refractivity contribution in [3.8, 4) is 5.75 Å². The van der Waals surface area contributed by atoms with E-state index in [4.69, 9.17) is 9.84 Å². The second-order valence-corrected chi connectivity index (χ2v) is 4.61. The largest absolute Gasteiger partial charge is 0.488 e. The fraction of sp³-hybridized carbons (Fsp3) is 0.538. The Kier molecular flexibility index (Phi) is 3.46. The summed E-state index contributed by atoms with van der Waals surface area (Å²) in [7, 11) is 2.09. The third-order valence-corrected chi connectivity index (χ3v) is 3.06. The average molecular weight is 221 g/mol. The van der Waals surface area contributed by atoms with Gasteiger partial charge in [0.05, 0.1) is 0 Å².